The van der Waals surface area contributed by atoms with E-state index in [9.17, 15) is 14.4 Å². The number of ether oxygens (including phenoxy) is 2. The van der Waals surface area contributed by atoms with Gasteiger partial charge in [0, 0.05) is 5.75 Å². The number of carbonyl (C=O) groups excluding carboxylic acids is 2. The molecule has 21 heavy (non-hydrogen) atoms. The van der Waals surface area contributed by atoms with Crippen molar-refractivity contribution in [2.45, 2.75) is 58.8 Å². The van der Waals surface area contributed by atoms with E-state index in [4.69, 9.17) is 14.6 Å². The summed E-state index contributed by atoms with van der Waals surface area (Å²) in [6, 6.07) is -1.47. The van der Waals surface area contributed by atoms with Crippen molar-refractivity contribution in [1.29, 1.82) is 0 Å². The van der Waals surface area contributed by atoms with E-state index in [0.29, 0.717) is 4.90 Å². The maximum absolute atomic E-state index is 12.1. The molecule has 0 fully saturated rings. The van der Waals surface area contributed by atoms with Crippen LogP contribution in [0, 0.1) is 0 Å². The zero-order valence-electron chi connectivity index (χ0n) is 13.2. The van der Waals surface area contributed by atoms with E-state index < -0.39 is 35.4 Å². The molecule has 0 aromatic rings. The van der Waals surface area contributed by atoms with E-state index >= 15 is 0 Å². The van der Waals surface area contributed by atoms with Crippen LogP contribution in [0.15, 0.2) is 0 Å². The third kappa shape index (κ3) is 7.22. The summed E-state index contributed by atoms with van der Waals surface area (Å²) < 4.78 is 10.1. The van der Waals surface area contributed by atoms with E-state index in [0.717, 1.165) is 0 Å². The second kappa shape index (κ2) is 7.02. The van der Waals surface area contributed by atoms with Crippen LogP contribution in [0.3, 0.4) is 0 Å². The molecule has 0 radical (unpaired) electrons. The van der Waals surface area contributed by atoms with Crippen LogP contribution in [0.5, 0.6) is 0 Å². The molecule has 0 aromatic heterocycles. The van der Waals surface area contributed by atoms with E-state index in [1.807, 2.05) is 0 Å². The summed E-state index contributed by atoms with van der Waals surface area (Å²) in [6.45, 7) is 9.63. The summed E-state index contributed by atoms with van der Waals surface area (Å²) in [5, 5.41) is 9.13. The van der Waals surface area contributed by atoms with Gasteiger partial charge in [0.1, 0.15) is 11.2 Å². The minimum absolute atomic E-state index is 0.256. The topological polar surface area (TPSA) is 93.1 Å². The van der Waals surface area contributed by atoms with Gasteiger partial charge in [-0.05, 0) is 41.5 Å². The first-order chi connectivity index (χ1) is 9.28. The molecule has 0 bridgehead atoms. The van der Waals surface area contributed by atoms with E-state index in [-0.39, 0.29) is 5.75 Å². The number of carbonyl (C=O) groups is 3. The van der Waals surface area contributed by atoms with Gasteiger partial charge in [0.15, 0.2) is 6.04 Å². The molecule has 0 aromatic carbocycles. The monoisotopic (exact) mass is 321 g/mol. The van der Waals surface area contributed by atoms with Gasteiger partial charge in [0.05, 0.1) is 0 Å². The molecule has 0 saturated carbocycles. The lowest BCUT2D eigenvalue weighted by Gasteiger charge is -2.31. The lowest BCUT2D eigenvalue weighted by Crippen LogP contribution is -2.52. The summed E-state index contributed by atoms with van der Waals surface area (Å²) in [6.07, 6.45) is -2.17. The Hall–Kier alpha value is -1.44. The highest BCUT2D eigenvalue weighted by molar-refractivity contribution is 7.80. The largest absolute Gasteiger partial charge is 0.480 e. The molecule has 1 atom stereocenters. The molecule has 0 aliphatic rings. The average molecular weight is 321 g/mol. The smallest absolute Gasteiger partial charge is 0.420 e. The van der Waals surface area contributed by atoms with Crippen LogP contribution in [0.25, 0.3) is 0 Å². The molecule has 0 spiro atoms. The second-order valence-corrected chi connectivity index (χ2v) is 6.73. The second-order valence-electron chi connectivity index (χ2n) is 6.37. The Morgan fingerprint density at radius 2 is 1.33 bits per heavy atom. The lowest BCUT2D eigenvalue weighted by molar-refractivity contribution is -0.142. The fourth-order valence-corrected chi connectivity index (χ4v) is 1.54. The van der Waals surface area contributed by atoms with Gasteiger partial charge in [-0.15, -0.1) is 0 Å². The number of thiol groups is 1. The quantitative estimate of drug-likeness (QED) is 0.776. The number of aliphatic carboxylic acids is 1. The molecule has 1 unspecified atom stereocenters. The minimum atomic E-state index is -1.47. The predicted octanol–water partition coefficient (Wildman–Crippen LogP) is 2.54. The van der Waals surface area contributed by atoms with Gasteiger partial charge in [0.2, 0.25) is 0 Å². The Bertz CT molecular complexity index is 382. The van der Waals surface area contributed by atoms with Crippen LogP contribution in [0.4, 0.5) is 9.59 Å². The number of hydrogen-bond acceptors (Lipinski definition) is 6. The SMILES string of the molecule is CC(C)(C)OC(=O)N(C(=O)OC(C)(C)C)C(CS)C(=O)O. The number of carboxylic acid groups (broad SMARTS) is 1. The highest BCUT2D eigenvalue weighted by Gasteiger charge is 2.39. The molecule has 7 nitrogen and oxygen atoms in total. The Balaban J connectivity index is 5.42. The van der Waals surface area contributed by atoms with Crippen LogP contribution in [0.1, 0.15) is 41.5 Å². The highest BCUT2D eigenvalue weighted by atomic mass is 32.1. The fraction of sp³-hybridized carbons (Fsp3) is 0.769. The molecular formula is C13H23NO6S. The van der Waals surface area contributed by atoms with Crippen molar-refractivity contribution in [3.63, 3.8) is 0 Å². The number of imide groups is 1. The molecule has 2 amide bonds. The van der Waals surface area contributed by atoms with E-state index in [1.54, 1.807) is 41.5 Å². The predicted molar refractivity (Wildman–Crippen MR) is 79.6 cm³/mol. The fourth-order valence-electron chi connectivity index (χ4n) is 1.22. The Labute approximate surface area is 130 Å². The number of carboxylic acids is 1. The molecule has 0 aliphatic heterocycles. The van der Waals surface area contributed by atoms with Gasteiger partial charge < -0.3 is 14.6 Å². The molecule has 0 rings (SSSR count). The Morgan fingerprint density at radius 3 is 1.52 bits per heavy atom. The summed E-state index contributed by atoms with van der Waals surface area (Å²) in [4.78, 5) is 35.8. The summed E-state index contributed by atoms with van der Waals surface area (Å²) >= 11 is 3.87. The van der Waals surface area contributed by atoms with Crippen LogP contribution >= 0.6 is 12.6 Å². The van der Waals surface area contributed by atoms with Crippen molar-refractivity contribution in [3.05, 3.63) is 0 Å². The van der Waals surface area contributed by atoms with Crippen molar-refractivity contribution in [2.75, 3.05) is 5.75 Å². The van der Waals surface area contributed by atoms with Crippen molar-refractivity contribution in [1.82, 2.24) is 4.90 Å². The molecule has 8 heteroatoms. The summed E-state index contributed by atoms with van der Waals surface area (Å²) in [5.41, 5.74) is -1.76. The lowest BCUT2D eigenvalue weighted by atomic mass is 10.2. The van der Waals surface area contributed by atoms with Crippen LogP contribution < -0.4 is 0 Å². The summed E-state index contributed by atoms with van der Waals surface area (Å²) in [7, 11) is 0. The Morgan fingerprint density at radius 1 is 1.00 bits per heavy atom. The van der Waals surface area contributed by atoms with Crippen LogP contribution in [-0.4, -0.2) is 51.2 Å². The van der Waals surface area contributed by atoms with Crippen molar-refractivity contribution >= 4 is 30.8 Å². The van der Waals surface area contributed by atoms with Crippen molar-refractivity contribution in [3.8, 4) is 0 Å². The summed E-state index contributed by atoms with van der Waals surface area (Å²) in [5.74, 6) is -1.63. The average Bonchev–Trinajstić information content (AvgIpc) is 2.19. The number of hydrogen-bond donors (Lipinski definition) is 2. The van der Waals surface area contributed by atoms with Gasteiger partial charge in [0.25, 0.3) is 0 Å². The standard InChI is InChI=1S/C13H23NO6S/c1-12(2,3)19-10(17)14(8(7-21)9(15)16)11(18)20-13(4,5)6/h8,21H,7H2,1-6H3,(H,15,16). The van der Waals surface area contributed by atoms with Gasteiger partial charge in [-0.1, -0.05) is 0 Å². The van der Waals surface area contributed by atoms with Crippen LogP contribution in [0.2, 0.25) is 0 Å². The van der Waals surface area contributed by atoms with E-state index in [2.05, 4.69) is 12.6 Å². The van der Waals surface area contributed by atoms with Gasteiger partial charge in [-0.3, -0.25) is 0 Å². The zero-order chi connectivity index (χ0) is 17.0. The van der Waals surface area contributed by atoms with Crippen molar-refractivity contribution < 1.29 is 29.0 Å². The highest BCUT2D eigenvalue weighted by Crippen LogP contribution is 2.17. The van der Waals surface area contributed by atoms with E-state index in [1.165, 1.54) is 0 Å². The molecule has 122 valence electrons. The Kier molecular flexibility index (Phi) is 6.54. The number of amides is 2. The molecular weight excluding hydrogens is 298 g/mol. The van der Waals surface area contributed by atoms with Crippen LogP contribution in [-0.2, 0) is 14.3 Å². The molecule has 0 aliphatic carbocycles. The third-order valence-corrected chi connectivity index (χ3v) is 2.30. The maximum atomic E-state index is 12.1. The number of nitrogens with zero attached hydrogens (tertiary/aromatic N) is 1. The normalized spacial score (nSPS) is 13.3. The maximum Gasteiger partial charge on any atom is 0.420 e. The zero-order valence-corrected chi connectivity index (χ0v) is 14.1. The molecule has 0 heterocycles. The first-order valence-corrected chi connectivity index (χ1v) is 7.00. The first kappa shape index (κ1) is 19.6. The minimum Gasteiger partial charge on any atom is -0.480 e. The molecule has 0 saturated heterocycles. The van der Waals surface area contributed by atoms with Gasteiger partial charge in [-0.25, -0.2) is 14.4 Å². The van der Waals surface area contributed by atoms with Gasteiger partial charge in [-0.2, -0.15) is 17.5 Å². The first-order valence-electron chi connectivity index (χ1n) is 6.37. The van der Waals surface area contributed by atoms with Crippen molar-refractivity contribution in [2.24, 2.45) is 0 Å². The van der Waals surface area contributed by atoms with Gasteiger partial charge >= 0.3 is 18.2 Å². The number of rotatable bonds is 3. The third-order valence-electron chi connectivity index (χ3n) is 1.95. The molecule has 1 N–H and O–H groups in total.